The molecule has 1 aliphatic rings. The Balaban J connectivity index is 1.74. The third-order valence-corrected chi connectivity index (χ3v) is 5.25. The molecule has 1 saturated heterocycles. The number of rotatable bonds is 6. The number of hydrogen-bond donors (Lipinski definition) is 2. The van der Waals surface area contributed by atoms with Crippen LogP contribution in [0.15, 0.2) is 48.5 Å². The van der Waals surface area contributed by atoms with Crippen LogP contribution >= 0.6 is 0 Å². The first-order valence-corrected chi connectivity index (χ1v) is 9.09. The summed E-state index contributed by atoms with van der Waals surface area (Å²) in [5.74, 6) is -0.981. The van der Waals surface area contributed by atoms with Crippen LogP contribution < -0.4 is 5.32 Å². The number of halogens is 3. The average molecular weight is 393 g/mol. The molecule has 7 heteroatoms. The second-order valence-corrected chi connectivity index (χ2v) is 7.08. The number of nitrogens with one attached hydrogen (secondary N) is 1. The fourth-order valence-corrected chi connectivity index (χ4v) is 3.57. The van der Waals surface area contributed by atoms with Crippen LogP contribution in [0.4, 0.5) is 13.2 Å². The summed E-state index contributed by atoms with van der Waals surface area (Å²) in [7, 11) is 0. The highest BCUT2D eigenvalue weighted by atomic mass is 19.4. The summed E-state index contributed by atoms with van der Waals surface area (Å²) < 4.78 is 44.9. The van der Waals surface area contributed by atoms with Crippen molar-refractivity contribution in [2.45, 2.75) is 31.0 Å². The van der Waals surface area contributed by atoms with E-state index in [1.54, 1.807) is 18.2 Å². The first-order chi connectivity index (χ1) is 13.3. The van der Waals surface area contributed by atoms with Crippen molar-refractivity contribution in [2.24, 2.45) is 0 Å². The summed E-state index contributed by atoms with van der Waals surface area (Å²) in [4.78, 5) is 10.9. The molecule has 0 unspecified atom stereocenters. The highest BCUT2D eigenvalue weighted by Crippen LogP contribution is 2.37. The second-order valence-electron chi connectivity index (χ2n) is 7.08. The Kier molecular flexibility index (Phi) is 6.05. The normalized spacial score (nSPS) is 16.7. The van der Waals surface area contributed by atoms with E-state index in [1.165, 1.54) is 24.3 Å². The summed E-state index contributed by atoms with van der Waals surface area (Å²) in [5, 5.41) is 12.3. The Bertz CT molecular complexity index is 812. The van der Waals surface area contributed by atoms with Crippen molar-refractivity contribution in [3.8, 4) is 0 Å². The Morgan fingerprint density at radius 1 is 1.11 bits per heavy atom. The van der Waals surface area contributed by atoms with Gasteiger partial charge in [-0.25, -0.2) is 4.79 Å². The third-order valence-electron chi connectivity index (χ3n) is 5.25. The predicted octanol–water partition coefficient (Wildman–Crippen LogP) is 4.24. The van der Waals surface area contributed by atoms with Gasteiger partial charge in [-0.15, -0.1) is 0 Å². The Hall–Kier alpha value is -2.38. The van der Waals surface area contributed by atoms with Gasteiger partial charge in [0.1, 0.15) is 0 Å². The fourth-order valence-electron chi connectivity index (χ4n) is 3.57. The van der Waals surface area contributed by atoms with E-state index in [0.717, 1.165) is 11.6 Å². The van der Waals surface area contributed by atoms with Crippen molar-refractivity contribution >= 4 is 5.97 Å². The minimum absolute atomic E-state index is 0.216. The van der Waals surface area contributed by atoms with Gasteiger partial charge in [0.15, 0.2) is 0 Å². The van der Waals surface area contributed by atoms with Gasteiger partial charge in [0, 0.05) is 31.7 Å². The van der Waals surface area contributed by atoms with Gasteiger partial charge in [0.05, 0.1) is 11.1 Å². The van der Waals surface area contributed by atoms with Gasteiger partial charge in [0.25, 0.3) is 0 Å². The van der Waals surface area contributed by atoms with E-state index in [4.69, 9.17) is 9.84 Å². The van der Waals surface area contributed by atoms with Gasteiger partial charge in [0.2, 0.25) is 0 Å². The second kappa shape index (κ2) is 8.32. The largest absolute Gasteiger partial charge is 0.478 e. The minimum Gasteiger partial charge on any atom is -0.478 e. The van der Waals surface area contributed by atoms with Crippen LogP contribution in [0.5, 0.6) is 0 Å². The topological polar surface area (TPSA) is 58.6 Å². The molecular weight excluding hydrogens is 371 g/mol. The lowest BCUT2D eigenvalue weighted by molar-refractivity contribution is -0.137. The minimum atomic E-state index is -4.37. The van der Waals surface area contributed by atoms with Gasteiger partial charge in [-0.3, -0.25) is 0 Å². The monoisotopic (exact) mass is 393 g/mol. The molecule has 28 heavy (non-hydrogen) atoms. The zero-order valence-corrected chi connectivity index (χ0v) is 15.3. The number of carboxylic acid groups (broad SMARTS) is 1. The first-order valence-electron chi connectivity index (χ1n) is 9.09. The first kappa shape index (κ1) is 20.4. The van der Waals surface area contributed by atoms with Gasteiger partial charge in [-0.1, -0.05) is 30.3 Å². The molecule has 0 aromatic heterocycles. The Morgan fingerprint density at radius 2 is 1.79 bits per heavy atom. The van der Waals surface area contributed by atoms with Crippen molar-refractivity contribution in [1.29, 1.82) is 0 Å². The molecule has 1 aliphatic heterocycles. The van der Waals surface area contributed by atoms with Crippen LogP contribution in [0.25, 0.3) is 0 Å². The summed E-state index contributed by atoms with van der Waals surface area (Å²) in [5.41, 5.74) is 0.727. The SMILES string of the molecule is O=C(O)c1ccc(CNCC2(c3cccc(C(F)(F)F)c3)CCOCC2)cc1. The number of benzene rings is 2. The number of alkyl halides is 3. The highest BCUT2D eigenvalue weighted by molar-refractivity contribution is 5.87. The molecule has 0 radical (unpaired) electrons. The Morgan fingerprint density at radius 3 is 2.39 bits per heavy atom. The van der Waals surface area contributed by atoms with Gasteiger partial charge in [-0.2, -0.15) is 13.2 Å². The van der Waals surface area contributed by atoms with E-state index in [0.29, 0.717) is 44.7 Å². The number of aromatic carboxylic acids is 1. The average Bonchev–Trinajstić information content (AvgIpc) is 2.68. The van der Waals surface area contributed by atoms with Crippen molar-refractivity contribution in [2.75, 3.05) is 19.8 Å². The molecular formula is C21H22F3NO3. The molecule has 0 atom stereocenters. The van der Waals surface area contributed by atoms with Crippen LogP contribution in [0, 0.1) is 0 Å². The van der Waals surface area contributed by atoms with Gasteiger partial charge >= 0.3 is 12.1 Å². The van der Waals surface area contributed by atoms with Crippen molar-refractivity contribution in [1.82, 2.24) is 5.32 Å². The maximum atomic E-state index is 13.1. The summed E-state index contributed by atoms with van der Waals surface area (Å²) in [6, 6.07) is 12.1. The van der Waals surface area contributed by atoms with E-state index in [-0.39, 0.29) is 5.56 Å². The van der Waals surface area contributed by atoms with Crippen molar-refractivity contribution in [3.63, 3.8) is 0 Å². The van der Waals surface area contributed by atoms with Crippen LogP contribution in [0.3, 0.4) is 0 Å². The standard InChI is InChI=1S/C21H22F3NO3/c22-21(23,24)18-3-1-2-17(12-18)20(8-10-28-11-9-20)14-25-13-15-4-6-16(7-5-15)19(26)27/h1-7,12,25H,8-11,13-14H2,(H,26,27). The van der Waals surface area contributed by atoms with Crippen LogP contribution in [0.1, 0.15) is 39.9 Å². The molecule has 1 fully saturated rings. The van der Waals surface area contributed by atoms with Crippen LogP contribution in [-0.2, 0) is 22.9 Å². The van der Waals surface area contributed by atoms with Crippen LogP contribution in [-0.4, -0.2) is 30.8 Å². The van der Waals surface area contributed by atoms with E-state index < -0.39 is 23.1 Å². The molecule has 150 valence electrons. The molecule has 3 rings (SSSR count). The molecule has 4 nitrogen and oxygen atoms in total. The maximum absolute atomic E-state index is 13.1. The summed E-state index contributed by atoms with van der Waals surface area (Å²) >= 11 is 0. The van der Waals surface area contributed by atoms with Crippen molar-refractivity contribution in [3.05, 3.63) is 70.8 Å². The molecule has 1 heterocycles. The lowest BCUT2D eigenvalue weighted by atomic mass is 9.73. The fraction of sp³-hybridized carbons (Fsp3) is 0.381. The van der Waals surface area contributed by atoms with E-state index in [2.05, 4.69) is 5.32 Å². The summed E-state index contributed by atoms with van der Waals surface area (Å²) in [6.07, 6.45) is -3.10. The number of ether oxygens (including phenoxy) is 1. The molecule has 0 amide bonds. The molecule has 0 aliphatic carbocycles. The van der Waals surface area contributed by atoms with E-state index in [1.807, 2.05) is 0 Å². The van der Waals surface area contributed by atoms with Gasteiger partial charge in [-0.05, 0) is 42.2 Å². The lowest BCUT2D eigenvalue weighted by Crippen LogP contribution is -2.42. The molecule has 0 spiro atoms. The summed E-state index contributed by atoms with van der Waals surface area (Å²) in [6.45, 7) is 2.02. The van der Waals surface area contributed by atoms with Crippen LogP contribution in [0.2, 0.25) is 0 Å². The lowest BCUT2D eigenvalue weighted by Gasteiger charge is -2.38. The van der Waals surface area contributed by atoms with Crippen molar-refractivity contribution < 1.29 is 27.8 Å². The molecule has 2 aromatic rings. The molecule has 2 N–H and O–H groups in total. The quantitative estimate of drug-likeness (QED) is 0.771. The predicted molar refractivity (Wildman–Crippen MR) is 98.3 cm³/mol. The number of carbonyl (C=O) groups is 1. The Labute approximate surface area is 161 Å². The maximum Gasteiger partial charge on any atom is 0.416 e. The molecule has 0 bridgehead atoms. The zero-order chi connectivity index (χ0) is 20.2. The number of hydrogen-bond acceptors (Lipinski definition) is 3. The number of carboxylic acids is 1. The van der Waals surface area contributed by atoms with E-state index in [9.17, 15) is 18.0 Å². The van der Waals surface area contributed by atoms with E-state index >= 15 is 0 Å². The molecule has 0 saturated carbocycles. The third kappa shape index (κ3) is 4.72. The van der Waals surface area contributed by atoms with Gasteiger partial charge < -0.3 is 15.2 Å². The highest BCUT2D eigenvalue weighted by Gasteiger charge is 2.37. The molecule has 2 aromatic carbocycles. The zero-order valence-electron chi connectivity index (χ0n) is 15.3. The smallest absolute Gasteiger partial charge is 0.416 e.